The van der Waals surface area contributed by atoms with Gasteiger partial charge < -0.3 is 5.32 Å². The summed E-state index contributed by atoms with van der Waals surface area (Å²) >= 11 is 3.42. The second-order valence-electron chi connectivity index (χ2n) is 6.82. The van der Waals surface area contributed by atoms with E-state index in [9.17, 15) is 4.79 Å². The molecule has 1 atom stereocenters. The van der Waals surface area contributed by atoms with E-state index in [2.05, 4.69) is 40.2 Å². The van der Waals surface area contributed by atoms with Crippen LogP contribution in [-0.2, 0) is 0 Å². The van der Waals surface area contributed by atoms with E-state index < -0.39 is 0 Å². The summed E-state index contributed by atoms with van der Waals surface area (Å²) in [5, 5.41) is 7.74. The highest BCUT2D eigenvalue weighted by Gasteiger charge is 2.28. The van der Waals surface area contributed by atoms with E-state index in [-0.39, 0.29) is 11.6 Å². The molecule has 1 aliphatic carbocycles. The van der Waals surface area contributed by atoms with Crippen LogP contribution in [0.5, 0.6) is 0 Å². The fraction of sp³-hybridized carbons (Fsp3) is 0.733. The van der Waals surface area contributed by atoms with Crippen molar-refractivity contribution in [1.82, 2.24) is 9.78 Å². The first-order valence-electron chi connectivity index (χ1n) is 7.34. The number of nitrogens with zero attached hydrogens (tertiary/aromatic N) is 2. The number of rotatable bonds is 3. The Balaban J connectivity index is 2.18. The van der Waals surface area contributed by atoms with Gasteiger partial charge in [0.25, 0.3) is 5.56 Å². The van der Waals surface area contributed by atoms with Crippen LogP contribution in [0.25, 0.3) is 0 Å². The molecule has 1 fully saturated rings. The van der Waals surface area contributed by atoms with E-state index >= 15 is 0 Å². The van der Waals surface area contributed by atoms with Gasteiger partial charge in [-0.1, -0.05) is 20.3 Å². The first kappa shape index (κ1) is 15.5. The Bertz CT molecular complexity index is 536. The van der Waals surface area contributed by atoms with Crippen molar-refractivity contribution in [1.29, 1.82) is 0 Å². The minimum absolute atomic E-state index is 0.0694. The number of halogens is 1. The van der Waals surface area contributed by atoms with Gasteiger partial charge in [0.05, 0.1) is 17.9 Å². The maximum absolute atomic E-state index is 12.2. The topological polar surface area (TPSA) is 46.9 Å². The van der Waals surface area contributed by atoms with Crippen LogP contribution in [0.4, 0.5) is 5.69 Å². The minimum atomic E-state index is -0.0694. The first-order chi connectivity index (χ1) is 9.30. The molecule has 2 rings (SSSR count). The zero-order valence-electron chi connectivity index (χ0n) is 12.7. The van der Waals surface area contributed by atoms with E-state index in [4.69, 9.17) is 0 Å². The van der Waals surface area contributed by atoms with Crippen molar-refractivity contribution < 1.29 is 0 Å². The van der Waals surface area contributed by atoms with Crippen LogP contribution in [0.1, 0.15) is 59.4 Å². The molecule has 20 heavy (non-hydrogen) atoms. The van der Waals surface area contributed by atoms with E-state index in [0.29, 0.717) is 15.9 Å². The van der Waals surface area contributed by atoms with Gasteiger partial charge in [0.15, 0.2) is 0 Å². The molecule has 0 radical (unpaired) electrons. The molecular weight excluding hydrogens is 318 g/mol. The van der Waals surface area contributed by atoms with Gasteiger partial charge in [0, 0.05) is 6.04 Å². The van der Waals surface area contributed by atoms with Gasteiger partial charge in [0.2, 0.25) is 0 Å². The molecule has 1 aromatic heterocycles. The molecule has 0 amide bonds. The van der Waals surface area contributed by atoms with E-state index in [1.54, 1.807) is 6.20 Å². The highest BCUT2D eigenvalue weighted by atomic mass is 79.9. The fourth-order valence-corrected chi connectivity index (χ4v) is 3.35. The molecule has 0 aliphatic heterocycles. The summed E-state index contributed by atoms with van der Waals surface area (Å²) in [5.74, 6) is 0. The summed E-state index contributed by atoms with van der Waals surface area (Å²) in [6.45, 7) is 8.53. The number of aromatic nitrogens is 2. The standard InChI is InChI=1S/C15H24BrN3O/c1-10(2)19-14(20)13(16)12(9-17-19)18-11-6-5-7-15(3,4)8-11/h9-11,18H,5-8H2,1-4H3. The van der Waals surface area contributed by atoms with Gasteiger partial charge in [-0.25, -0.2) is 4.68 Å². The Kier molecular flexibility index (Phi) is 4.57. The average molecular weight is 342 g/mol. The lowest BCUT2D eigenvalue weighted by Crippen LogP contribution is -2.33. The van der Waals surface area contributed by atoms with Crippen molar-refractivity contribution >= 4 is 21.6 Å². The SMILES string of the molecule is CC(C)n1ncc(NC2CCCC(C)(C)C2)c(Br)c1=O. The summed E-state index contributed by atoms with van der Waals surface area (Å²) in [6.07, 6.45) is 6.56. The zero-order chi connectivity index (χ0) is 14.9. The molecule has 0 aromatic carbocycles. The minimum Gasteiger partial charge on any atom is -0.380 e. The van der Waals surface area contributed by atoms with Gasteiger partial charge in [-0.05, 0) is 54.5 Å². The van der Waals surface area contributed by atoms with Crippen LogP contribution >= 0.6 is 15.9 Å². The van der Waals surface area contributed by atoms with Crippen LogP contribution in [0, 0.1) is 5.41 Å². The molecule has 1 saturated carbocycles. The van der Waals surface area contributed by atoms with Crippen LogP contribution in [0.3, 0.4) is 0 Å². The van der Waals surface area contributed by atoms with Crippen molar-refractivity contribution in [3.63, 3.8) is 0 Å². The summed E-state index contributed by atoms with van der Waals surface area (Å²) in [6, 6.07) is 0.493. The molecule has 0 bridgehead atoms. The maximum atomic E-state index is 12.2. The quantitative estimate of drug-likeness (QED) is 0.904. The first-order valence-corrected chi connectivity index (χ1v) is 8.13. The predicted molar refractivity (Wildman–Crippen MR) is 86.2 cm³/mol. The van der Waals surface area contributed by atoms with Gasteiger partial charge >= 0.3 is 0 Å². The molecule has 1 unspecified atom stereocenters. The Hall–Kier alpha value is -0.840. The smallest absolute Gasteiger partial charge is 0.283 e. The predicted octanol–water partition coefficient (Wildman–Crippen LogP) is 3.97. The van der Waals surface area contributed by atoms with Gasteiger partial charge in [-0.15, -0.1) is 0 Å². The number of hydrogen-bond acceptors (Lipinski definition) is 3. The molecule has 112 valence electrons. The van der Waals surface area contributed by atoms with Crippen LogP contribution in [0.2, 0.25) is 0 Å². The Morgan fingerprint density at radius 2 is 2.20 bits per heavy atom. The van der Waals surface area contributed by atoms with Gasteiger partial charge in [0.1, 0.15) is 4.47 Å². The van der Waals surface area contributed by atoms with Crippen molar-refractivity contribution in [3.8, 4) is 0 Å². The summed E-state index contributed by atoms with van der Waals surface area (Å²) in [7, 11) is 0. The summed E-state index contributed by atoms with van der Waals surface area (Å²) in [4.78, 5) is 12.2. The van der Waals surface area contributed by atoms with E-state index in [0.717, 1.165) is 18.5 Å². The molecule has 1 heterocycles. The highest BCUT2D eigenvalue weighted by Crippen LogP contribution is 2.36. The highest BCUT2D eigenvalue weighted by molar-refractivity contribution is 9.10. The Labute approximate surface area is 129 Å². The number of nitrogens with one attached hydrogen (secondary N) is 1. The largest absolute Gasteiger partial charge is 0.380 e. The Morgan fingerprint density at radius 3 is 2.80 bits per heavy atom. The monoisotopic (exact) mass is 341 g/mol. The van der Waals surface area contributed by atoms with Gasteiger partial charge in [-0.2, -0.15) is 5.10 Å². The van der Waals surface area contributed by atoms with Crippen molar-refractivity contribution in [3.05, 3.63) is 21.0 Å². The third-order valence-electron chi connectivity index (χ3n) is 4.00. The summed E-state index contributed by atoms with van der Waals surface area (Å²) in [5.41, 5.74) is 1.12. The van der Waals surface area contributed by atoms with Crippen molar-refractivity contribution in [2.24, 2.45) is 5.41 Å². The van der Waals surface area contributed by atoms with Crippen LogP contribution in [0.15, 0.2) is 15.5 Å². The molecule has 0 saturated heterocycles. The molecule has 1 N–H and O–H groups in total. The number of hydrogen-bond donors (Lipinski definition) is 1. The zero-order valence-corrected chi connectivity index (χ0v) is 14.3. The normalized spacial score (nSPS) is 22.0. The second-order valence-corrected chi connectivity index (χ2v) is 7.61. The van der Waals surface area contributed by atoms with Crippen molar-refractivity contribution in [2.45, 2.75) is 65.5 Å². The van der Waals surface area contributed by atoms with Gasteiger partial charge in [-0.3, -0.25) is 4.79 Å². The molecule has 1 aromatic rings. The van der Waals surface area contributed by atoms with E-state index in [1.807, 2.05) is 13.8 Å². The van der Waals surface area contributed by atoms with Crippen LogP contribution < -0.4 is 10.9 Å². The summed E-state index contributed by atoms with van der Waals surface area (Å²) < 4.78 is 2.09. The molecule has 4 nitrogen and oxygen atoms in total. The fourth-order valence-electron chi connectivity index (χ4n) is 2.95. The van der Waals surface area contributed by atoms with Crippen molar-refractivity contribution in [2.75, 3.05) is 5.32 Å². The lowest BCUT2D eigenvalue weighted by molar-refractivity contribution is 0.229. The Morgan fingerprint density at radius 1 is 1.50 bits per heavy atom. The number of anilines is 1. The lowest BCUT2D eigenvalue weighted by Gasteiger charge is -2.36. The molecule has 1 aliphatic rings. The third kappa shape index (κ3) is 3.43. The third-order valence-corrected chi connectivity index (χ3v) is 4.76. The van der Waals surface area contributed by atoms with E-state index in [1.165, 1.54) is 17.5 Å². The molecule has 0 spiro atoms. The molecule has 5 heteroatoms. The second kappa shape index (κ2) is 5.88. The lowest BCUT2D eigenvalue weighted by atomic mass is 9.75. The van der Waals surface area contributed by atoms with Crippen LogP contribution in [-0.4, -0.2) is 15.8 Å². The maximum Gasteiger partial charge on any atom is 0.283 e. The molecular formula is C15H24BrN3O. The average Bonchev–Trinajstić information content (AvgIpc) is 2.33.